The van der Waals surface area contributed by atoms with Crippen molar-refractivity contribution >= 4 is 55.7 Å². The van der Waals surface area contributed by atoms with Gasteiger partial charge in [0.1, 0.15) is 0 Å². The second-order valence-electron chi connectivity index (χ2n) is 2.52. The lowest BCUT2D eigenvalue weighted by atomic mass is 10.1. The van der Waals surface area contributed by atoms with E-state index in [1.807, 2.05) is 0 Å². The summed E-state index contributed by atoms with van der Waals surface area (Å²) in [6, 6.07) is 3.33. The molecule has 0 aliphatic heterocycles. The van der Waals surface area contributed by atoms with E-state index >= 15 is 0 Å². The maximum Gasteiger partial charge on any atom is 0.173 e. The molecule has 13 heavy (non-hydrogen) atoms. The number of anilines is 2. The normalized spacial score (nSPS) is 10.0. The van der Waals surface area contributed by atoms with Crippen LogP contribution in [0.2, 0.25) is 0 Å². The molecule has 1 aromatic rings. The van der Waals surface area contributed by atoms with E-state index in [9.17, 15) is 4.79 Å². The van der Waals surface area contributed by atoms with E-state index in [1.54, 1.807) is 12.1 Å². The number of alkyl halides is 1. The minimum absolute atomic E-state index is 0.00427. The van der Waals surface area contributed by atoms with E-state index in [2.05, 4.69) is 38.5 Å². The number of Topliss-reactive ketones (excluding diaryl/α,β-unsaturated/α-hetero) is 1. The van der Waals surface area contributed by atoms with E-state index in [-0.39, 0.29) is 5.78 Å². The molecule has 0 bridgehead atoms. The van der Waals surface area contributed by atoms with Crippen LogP contribution in [0.3, 0.4) is 0 Å². The molecule has 0 aliphatic carbocycles. The molecule has 0 atom stereocenters. The highest BCUT2D eigenvalue weighted by Gasteiger charge is 2.08. The SMILES string of the molecule is Nc1cc(C(=O)CBr)cc(I)c1N. The van der Waals surface area contributed by atoms with Gasteiger partial charge in [-0.1, -0.05) is 15.9 Å². The first-order valence-electron chi connectivity index (χ1n) is 3.50. The van der Waals surface area contributed by atoms with Gasteiger partial charge in [0.2, 0.25) is 0 Å². The fourth-order valence-corrected chi connectivity index (χ4v) is 1.85. The van der Waals surface area contributed by atoms with Gasteiger partial charge in [-0.3, -0.25) is 4.79 Å². The Morgan fingerprint density at radius 2 is 2.08 bits per heavy atom. The van der Waals surface area contributed by atoms with Crippen molar-refractivity contribution in [3.8, 4) is 0 Å². The van der Waals surface area contributed by atoms with Gasteiger partial charge >= 0.3 is 0 Å². The molecule has 3 nitrogen and oxygen atoms in total. The second-order valence-corrected chi connectivity index (χ2v) is 4.24. The molecule has 0 saturated carbocycles. The van der Waals surface area contributed by atoms with E-state index in [1.165, 1.54) is 0 Å². The first kappa shape index (κ1) is 10.8. The zero-order valence-corrected chi connectivity index (χ0v) is 10.4. The Balaban J connectivity index is 3.20. The van der Waals surface area contributed by atoms with Crippen molar-refractivity contribution in [3.63, 3.8) is 0 Å². The number of benzene rings is 1. The molecule has 0 radical (unpaired) electrons. The number of nitrogens with two attached hydrogens (primary N) is 2. The van der Waals surface area contributed by atoms with Crippen LogP contribution >= 0.6 is 38.5 Å². The minimum atomic E-state index is 0.00427. The molecule has 0 amide bonds. The van der Waals surface area contributed by atoms with Crippen molar-refractivity contribution in [2.24, 2.45) is 0 Å². The zero-order chi connectivity index (χ0) is 10.0. The molecule has 0 heterocycles. The van der Waals surface area contributed by atoms with Crippen LogP contribution in [-0.4, -0.2) is 11.1 Å². The predicted molar refractivity (Wildman–Crippen MR) is 66.1 cm³/mol. The molecule has 0 fully saturated rings. The van der Waals surface area contributed by atoms with Crippen LogP contribution in [0.15, 0.2) is 12.1 Å². The number of halogens is 2. The number of rotatable bonds is 2. The second kappa shape index (κ2) is 4.28. The van der Waals surface area contributed by atoms with Crippen molar-refractivity contribution in [2.75, 3.05) is 16.8 Å². The summed E-state index contributed by atoms with van der Waals surface area (Å²) in [5.74, 6) is 0.00427. The number of hydrogen-bond acceptors (Lipinski definition) is 3. The van der Waals surface area contributed by atoms with Crippen LogP contribution in [-0.2, 0) is 0 Å². The monoisotopic (exact) mass is 354 g/mol. The van der Waals surface area contributed by atoms with Crippen LogP contribution in [0.4, 0.5) is 11.4 Å². The highest BCUT2D eigenvalue weighted by Crippen LogP contribution is 2.24. The number of carbonyl (C=O) groups is 1. The summed E-state index contributed by atoms with van der Waals surface area (Å²) in [6.45, 7) is 0. The third-order valence-electron chi connectivity index (χ3n) is 1.60. The van der Waals surface area contributed by atoms with Crippen LogP contribution in [0.5, 0.6) is 0 Å². The Morgan fingerprint density at radius 3 is 2.54 bits per heavy atom. The van der Waals surface area contributed by atoms with Crippen molar-refractivity contribution in [3.05, 3.63) is 21.3 Å². The lowest BCUT2D eigenvalue weighted by Gasteiger charge is -2.05. The number of hydrogen-bond donors (Lipinski definition) is 2. The molecule has 70 valence electrons. The summed E-state index contributed by atoms with van der Waals surface area (Å²) in [5.41, 5.74) is 12.8. The highest BCUT2D eigenvalue weighted by molar-refractivity contribution is 14.1. The molecule has 0 aliphatic rings. The number of ketones is 1. The summed E-state index contributed by atoms with van der Waals surface area (Å²) in [5, 5.41) is 0.298. The summed E-state index contributed by atoms with van der Waals surface area (Å²) < 4.78 is 0.807. The molecular weight excluding hydrogens is 347 g/mol. The van der Waals surface area contributed by atoms with Crippen LogP contribution in [0, 0.1) is 3.57 Å². The quantitative estimate of drug-likeness (QED) is 0.369. The largest absolute Gasteiger partial charge is 0.397 e. The lowest BCUT2D eigenvalue weighted by Crippen LogP contribution is -2.04. The first-order chi connectivity index (χ1) is 6.06. The fourth-order valence-electron chi connectivity index (χ4n) is 0.877. The third kappa shape index (κ3) is 2.34. The van der Waals surface area contributed by atoms with E-state index < -0.39 is 0 Å². The molecule has 0 unspecified atom stereocenters. The predicted octanol–water partition coefficient (Wildman–Crippen LogP) is 2.03. The van der Waals surface area contributed by atoms with Crippen LogP contribution < -0.4 is 11.5 Å². The Labute approximate surface area is 98.1 Å². The highest BCUT2D eigenvalue weighted by atomic mass is 127. The minimum Gasteiger partial charge on any atom is -0.397 e. The number of carbonyl (C=O) groups excluding carboxylic acids is 1. The first-order valence-corrected chi connectivity index (χ1v) is 5.70. The Kier molecular flexibility index (Phi) is 3.55. The van der Waals surface area contributed by atoms with Gasteiger partial charge in [0.05, 0.1) is 16.7 Å². The van der Waals surface area contributed by atoms with E-state index in [0.29, 0.717) is 22.3 Å². The lowest BCUT2D eigenvalue weighted by molar-refractivity contribution is 0.102. The molecule has 0 spiro atoms. The van der Waals surface area contributed by atoms with E-state index in [4.69, 9.17) is 11.5 Å². The molecule has 1 aromatic carbocycles. The van der Waals surface area contributed by atoms with Gasteiger partial charge in [-0.05, 0) is 34.7 Å². The smallest absolute Gasteiger partial charge is 0.173 e. The van der Waals surface area contributed by atoms with Crippen molar-refractivity contribution < 1.29 is 4.79 Å². The molecule has 0 saturated heterocycles. The van der Waals surface area contributed by atoms with Crippen LogP contribution in [0.25, 0.3) is 0 Å². The fraction of sp³-hybridized carbons (Fsp3) is 0.125. The maximum absolute atomic E-state index is 11.3. The summed E-state index contributed by atoms with van der Waals surface area (Å²) in [6.07, 6.45) is 0. The topological polar surface area (TPSA) is 69.1 Å². The van der Waals surface area contributed by atoms with Gasteiger partial charge in [0, 0.05) is 9.13 Å². The van der Waals surface area contributed by atoms with Gasteiger partial charge in [-0.15, -0.1) is 0 Å². The Morgan fingerprint density at radius 1 is 1.46 bits per heavy atom. The molecule has 4 N–H and O–H groups in total. The number of nitrogen functional groups attached to an aromatic ring is 2. The van der Waals surface area contributed by atoms with Crippen molar-refractivity contribution in [1.29, 1.82) is 0 Å². The Hall–Kier alpha value is -0.300. The standard InChI is InChI=1S/C8H8BrIN2O/c9-3-7(13)4-1-5(10)8(12)6(11)2-4/h1-2H,3,11-12H2. The van der Waals surface area contributed by atoms with Gasteiger partial charge in [-0.25, -0.2) is 0 Å². The van der Waals surface area contributed by atoms with Crippen LogP contribution in [0.1, 0.15) is 10.4 Å². The maximum atomic E-state index is 11.3. The van der Waals surface area contributed by atoms with Gasteiger partial charge in [0.15, 0.2) is 5.78 Å². The molecule has 0 aromatic heterocycles. The average Bonchev–Trinajstić information content (AvgIpc) is 2.12. The third-order valence-corrected chi connectivity index (χ3v) is 3.01. The zero-order valence-electron chi connectivity index (χ0n) is 6.68. The molecular formula is C8H8BrIN2O. The van der Waals surface area contributed by atoms with Gasteiger partial charge < -0.3 is 11.5 Å². The molecule has 1 rings (SSSR count). The van der Waals surface area contributed by atoms with Crippen molar-refractivity contribution in [2.45, 2.75) is 0 Å². The summed E-state index contributed by atoms with van der Waals surface area (Å²) in [7, 11) is 0. The van der Waals surface area contributed by atoms with Crippen molar-refractivity contribution in [1.82, 2.24) is 0 Å². The summed E-state index contributed by atoms with van der Waals surface area (Å²) in [4.78, 5) is 11.3. The Bertz CT molecular complexity index is 331. The van der Waals surface area contributed by atoms with Gasteiger partial charge in [-0.2, -0.15) is 0 Å². The average molecular weight is 355 g/mol. The van der Waals surface area contributed by atoms with Gasteiger partial charge in [0.25, 0.3) is 0 Å². The summed E-state index contributed by atoms with van der Waals surface area (Å²) >= 11 is 5.15. The molecule has 5 heteroatoms. The van der Waals surface area contributed by atoms with E-state index in [0.717, 1.165) is 3.57 Å².